The molecule has 0 aliphatic carbocycles. The summed E-state index contributed by atoms with van der Waals surface area (Å²) in [5.41, 5.74) is 6.89. The summed E-state index contributed by atoms with van der Waals surface area (Å²) in [6.07, 6.45) is 2.01. The van der Waals surface area contributed by atoms with Gasteiger partial charge in [-0.05, 0) is 68.2 Å². The summed E-state index contributed by atoms with van der Waals surface area (Å²) in [4.78, 5) is 0. The van der Waals surface area contributed by atoms with Crippen molar-refractivity contribution < 1.29 is 9.84 Å². The molecule has 2 aromatic carbocycles. The average molecular weight is 338 g/mol. The Morgan fingerprint density at radius 2 is 1.68 bits per heavy atom. The molecule has 0 fully saturated rings. The molecule has 0 amide bonds. The Labute approximate surface area is 151 Å². The van der Waals surface area contributed by atoms with Crippen LogP contribution >= 0.6 is 0 Å². The van der Waals surface area contributed by atoms with E-state index >= 15 is 0 Å². The normalized spacial score (nSPS) is 19.6. The summed E-state index contributed by atoms with van der Waals surface area (Å²) in [6, 6.07) is 8.61. The van der Waals surface area contributed by atoms with Gasteiger partial charge in [-0.3, -0.25) is 0 Å². The lowest BCUT2D eigenvalue weighted by molar-refractivity contribution is 0.161. The molecule has 0 spiro atoms. The van der Waals surface area contributed by atoms with Gasteiger partial charge in [0.25, 0.3) is 0 Å². The first kappa shape index (κ1) is 17.8. The van der Waals surface area contributed by atoms with Crippen molar-refractivity contribution in [2.75, 3.05) is 0 Å². The molecule has 0 saturated heterocycles. The summed E-state index contributed by atoms with van der Waals surface area (Å²) in [6.45, 7) is 12.9. The first-order valence-electron chi connectivity index (χ1n) is 9.35. The van der Waals surface area contributed by atoms with E-state index in [1.807, 2.05) is 13.0 Å². The van der Waals surface area contributed by atoms with E-state index in [9.17, 15) is 5.11 Å². The van der Waals surface area contributed by atoms with Crippen LogP contribution < -0.4 is 4.74 Å². The van der Waals surface area contributed by atoms with Crippen LogP contribution in [0.2, 0.25) is 0 Å². The summed E-state index contributed by atoms with van der Waals surface area (Å²) in [5.74, 6) is 2.58. The highest BCUT2D eigenvalue weighted by molar-refractivity contribution is 5.52. The molecule has 2 unspecified atom stereocenters. The molecule has 2 nitrogen and oxygen atoms in total. The van der Waals surface area contributed by atoms with Crippen molar-refractivity contribution in [3.63, 3.8) is 0 Å². The quantitative estimate of drug-likeness (QED) is 0.764. The summed E-state index contributed by atoms with van der Waals surface area (Å²) >= 11 is 0. The number of aromatic hydroxyl groups is 1. The van der Waals surface area contributed by atoms with E-state index in [-0.39, 0.29) is 6.10 Å². The van der Waals surface area contributed by atoms with Crippen LogP contribution in [0.4, 0.5) is 0 Å². The lowest BCUT2D eigenvalue weighted by Crippen LogP contribution is -2.26. The number of phenols is 1. The Bertz CT molecular complexity index is 789. The van der Waals surface area contributed by atoms with Crippen LogP contribution in [-0.4, -0.2) is 11.2 Å². The van der Waals surface area contributed by atoms with Crippen molar-refractivity contribution in [1.82, 2.24) is 0 Å². The number of rotatable bonds is 3. The maximum atomic E-state index is 10.5. The van der Waals surface area contributed by atoms with Crippen LogP contribution in [-0.2, 0) is 6.42 Å². The fourth-order valence-electron chi connectivity index (χ4n) is 4.18. The average Bonchev–Trinajstić information content (AvgIpc) is 2.52. The molecular formula is C23H30O2. The second-order valence-corrected chi connectivity index (χ2v) is 8.12. The van der Waals surface area contributed by atoms with Crippen LogP contribution in [0.1, 0.15) is 66.5 Å². The number of ether oxygens (including phenoxy) is 1. The summed E-state index contributed by atoms with van der Waals surface area (Å²) < 4.78 is 6.29. The number of hydrogen-bond donors (Lipinski definition) is 1. The van der Waals surface area contributed by atoms with Crippen LogP contribution in [0.15, 0.2) is 24.3 Å². The van der Waals surface area contributed by atoms with Gasteiger partial charge in [0.2, 0.25) is 0 Å². The van der Waals surface area contributed by atoms with E-state index in [4.69, 9.17) is 4.74 Å². The SMILES string of the molecule is Cc1cc(C)c(O)c(Cc2cc(C)cc3c2OC(C)CC3C(C)C)c1. The van der Waals surface area contributed by atoms with Gasteiger partial charge < -0.3 is 9.84 Å². The fourth-order valence-corrected chi connectivity index (χ4v) is 4.18. The van der Waals surface area contributed by atoms with Crippen molar-refractivity contribution >= 4 is 0 Å². The summed E-state index contributed by atoms with van der Waals surface area (Å²) in [5, 5.41) is 10.5. The van der Waals surface area contributed by atoms with Crippen LogP contribution in [0.25, 0.3) is 0 Å². The van der Waals surface area contributed by atoms with Gasteiger partial charge in [-0.15, -0.1) is 0 Å². The molecule has 1 aliphatic rings. The molecule has 0 bridgehead atoms. The van der Waals surface area contributed by atoms with E-state index in [0.717, 1.165) is 23.3 Å². The molecule has 2 heteroatoms. The lowest BCUT2D eigenvalue weighted by Gasteiger charge is -2.34. The number of fused-ring (bicyclic) bond motifs is 1. The second kappa shape index (κ2) is 6.74. The van der Waals surface area contributed by atoms with Crippen LogP contribution in [0.5, 0.6) is 11.5 Å². The minimum atomic E-state index is 0.231. The Hall–Kier alpha value is -1.96. The van der Waals surface area contributed by atoms with Gasteiger partial charge in [-0.25, -0.2) is 0 Å². The number of phenolic OH excluding ortho intramolecular Hbond substituents is 1. The van der Waals surface area contributed by atoms with Gasteiger partial charge in [-0.2, -0.15) is 0 Å². The van der Waals surface area contributed by atoms with Gasteiger partial charge >= 0.3 is 0 Å². The Kier molecular flexibility index (Phi) is 4.81. The molecule has 1 aliphatic heterocycles. The second-order valence-electron chi connectivity index (χ2n) is 8.12. The Morgan fingerprint density at radius 3 is 2.36 bits per heavy atom. The number of aryl methyl sites for hydroxylation is 3. The van der Waals surface area contributed by atoms with E-state index in [1.54, 1.807) is 0 Å². The maximum absolute atomic E-state index is 10.5. The molecule has 134 valence electrons. The van der Waals surface area contributed by atoms with Gasteiger partial charge in [-0.1, -0.05) is 49.2 Å². The maximum Gasteiger partial charge on any atom is 0.126 e. The molecular weight excluding hydrogens is 308 g/mol. The first-order valence-corrected chi connectivity index (χ1v) is 9.35. The smallest absolute Gasteiger partial charge is 0.126 e. The topological polar surface area (TPSA) is 29.5 Å². The predicted octanol–water partition coefficient (Wildman–Crippen LogP) is 5.82. The van der Waals surface area contributed by atoms with E-state index < -0.39 is 0 Å². The zero-order chi connectivity index (χ0) is 18.3. The van der Waals surface area contributed by atoms with E-state index in [1.165, 1.54) is 22.3 Å². The highest BCUT2D eigenvalue weighted by Gasteiger charge is 2.30. The third-order valence-corrected chi connectivity index (χ3v) is 5.35. The standard InChI is InChI=1S/C23H30O2/c1-13(2)20-11-17(6)25-23-19(9-15(4)10-21(20)23)12-18-8-14(3)7-16(5)22(18)24/h7-10,13,17,20,24H,11-12H2,1-6H3. The Balaban J connectivity index is 2.09. The van der Waals surface area contributed by atoms with Crippen molar-refractivity contribution in [3.05, 3.63) is 57.6 Å². The predicted molar refractivity (Wildman–Crippen MR) is 104 cm³/mol. The zero-order valence-electron chi connectivity index (χ0n) is 16.3. The van der Waals surface area contributed by atoms with Crippen molar-refractivity contribution in [2.24, 2.45) is 5.92 Å². The molecule has 1 heterocycles. The molecule has 2 atom stereocenters. The molecule has 0 radical (unpaired) electrons. The first-order chi connectivity index (χ1) is 11.8. The van der Waals surface area contributed by atoms with E-state index in [2.05, 4.69) is 52.8 Å². The van der Waals surface area contributed by atoms with Gasteiger partial charge in [0, 0.05) is 6.42 Å². The van der Waals surface area contributed by atoms with Crippen molar-refractivity contribution in [1.29, 1.82) is 0 Å². The minimum Gasteiger partial charge on any atom is -0.507 e. The molecule has 2 aromatic rings. The van der Waals surface area contributed by atoms with E-state index in [0.29, 0.717) is 24.0 Å². The monoisotopic (exact) mass is 338 g/mol. The number of hydrogen-bond acceptors (Lipinski definition) is 2. The highest BCUT2D eigenvalue weighted by atomic mass is 16.5. The largest absolute Gasteiger partial charge is 0.507 e. The zero-order valence-corrected chi connectivity index (χ0v) is 16.3. The van der Waals surface area contributed by atoms with Gasteiger partial charge in [0.15, 0.2) is 0 Å². The fraction of sp³-hybridized carbons (Fsp3) is 0.478. The minimum absolute atomic E-state index is 0.231. The molecule has 1 N–H and O–H groups in total. The lowest BCUT2D eigenvalue weighted by atomic mass is 9.80. The summed E-state index contributed by atoms with van der Waals surface area (Å²) in [7, 11) is 0. The van der Waals surface area contributed by atoms with Crippen LogP contribution in [0, 0.1) is 26.7 Å². The van der Waals surface area contributed by atoms with Crippen molar-refractivity contribution in [2.45, 2.75) is 66.4 Å². The molecule has 25 heavy (non-hydrogen) atoms. The van der Waals surface area contributed by atoms with Crippen LogP contribution in [0.3, 0.4) is 0 Å². The molecule has 0 saturated carbocycles. The highest BCUT2D eigenvalue weighted by Crippen LogP contribution is 2.44. The Morgan fingerprint density at radius 1 is 1.04 bits per heavy atom. The molecule has 0 aromatic heterocycles. The molecule has 3 rings (SSSR count). The van der Waals surface area contributed by atoms with Gasteiger partial charge in [0.05, 0.1) is 6.10 Å². The number of benzene rings is 2. The third-order valence-electron chi connectivity index (χ3n) is 5.35. The van der Waals surface area contributed by atoms with Gasteiger partial charge in [0.1, 0.15) is 11.5 Å². The van der Waals surface area contributed by atoms with Crippen molar-refractivity contribution in [3.8, 4) is 11.5 Å². The third kappa shape index (κ3) is 3.53.